The molecule has 14 heavy (non-hydrogen) atoms. The van der Waals surface area contributed by atoms with Gasteiger partial charge in [-0.1, -0.05) is 11.6 Å². The predicted octanol–water partition coefficient (Wildman–Crippen LogP) is 3.81. The number of thioether (sulfide) groups is 1. The summed E-state index contributed by atoms with van der Waals surface area (Å²) >= 11 is 9.73. The molecular formula is C10H13ClOS2. The van der Waals surface area contributed by atoms with Crippen molar-refractivity contribution in [3.63, 3.8) is 0 Å². The summed E-state index contributed by atoms with van der Waals surface area (Å²) in [4.78, 5) is 1.29. The van der Waals surface area contributed by atoms with Gasteiger partial charge in [0.25, 0.3) is 0 Å². The zero-order chi connectivity index (χ0) is 9.97. The van der Waals surface area contributed by atoms with Gasteiger partial charge in [-0.25, -0.2) is 0 Å². The van der Waals surface area contributed by atoms with Crippen molar-refractivity contribution in [2.24, 2.45) is 0 Å². The largest absolute Gasteiger partial charge is 0.377 e. The minimum atomic E-state index is 0.402. The summed E-state index contributed by atoms with van der Waals surface area (Å²) in [6.45, 7) is 3.07. The van der Waals surface area contributed by atoms with Gasteiger partial charge in [0.1, 0.15) is 0 Å². The van der Waals surface area contributed by atoms with Gasteiger partial charge in [-0.05, 0) is 24.8 Å². The van der Waals surface area contributed by atoms with Crippen LogP contribution in [0.5, 0.6) is 0 Å². The predicted molar refractivity (Wildman–Crippen MR) is 64.4 cm³/mol. The smallest absolute Gasteiger partial charge is 0.0666 e. The van der Waals surface area contributed by atoms with Crippen molar-refractivity contribution in [2.75, 3.05) is 6.61 Å². The second-order valence-electron chi connectivity index (χ2n) is 3.41. The van der Waals surface area contributed by atoms with Gasteiger partial charge < -0.3 is 4.74 Å². The van der Waals surface area contributed by atoms with Crippen molar-refractivity contribution in [3.8, 4) is 0 Å². The fourth-order valence-corrected chi connectivity index (χ4v) is 4.12. The number of halogens is 1. The molecule has 2 heterocycles. The van der Waals surface area contributed by atoms with Crippen LogP contribution in [-0.4, -0.2) is 18.0 Å². The van der Waals surface area contributed by atoms with E-state index in [4.69, 9.17) is 16.3 Å². The van der Waals surface area contributed by atoms with Crippen LogP contribution in [0.25, 0.3) is 0 Å². The second kappa shape index (κ2) is 4.88. The highest BCUT2D eigenvalue weighted by atomic mass is 35.5. The van der Waals surface area contributed by atoms with Gasteiger partial charge in [0.15, 0.2) is 0 Å². The Kier molecular flexibility index (Phi) is 3.77. The van der Waals surface area contributed by atoms with Crippen molar-refractivity contribution in [1.29, 1.82) is 0 Å². The van der Waals surface area contributed by atoms with Crippen molar-refractivity contribution in [1.82, 2.24) is 0 Å². The lowest BCUT2D eigenvalue weighted by atomic mass is 10.3. The van der Waals surface area contributed by atoms with Crippen LogP contribution in [0, 0.1) is 0 Å². The molecule has 78 valence electrons. The van der Waals surface area contributed by atoms with E-state index in [9.17, 15) is 0 Å². The molecule has 0 aromatic carbocycles. The first-order valence-corrected chi connectivity index (χ1v) is 7.03. The molecule has 1 fully saturated rings. The van der Waals surface area contributed by atoms with E-state index in [0.29, 0.717) is 11.4 Å². The molecule has 2 rings (SSSR count). The Hall–Kier alpha value is 0.300. The maximum absolute atomic E-state index is 6.03. The van der Waals surface area contributed by atoms with E-state index in [-0.39, 0.29) is 0 Å². The molecule has 1 saturated heterocycles. The molecule has 0 unspecified atom stereocenters. The maximum Gasteiger partial charge on any atom is 0.0666 e. The number of hydrogen-bond donors (Lipinski definition) is 0. The zero-order valence-corrected chi connectivity index (χ0v) is 10.4. The lowest BCUT2D eigenvalue weighted by Gasteiger charge is -2.12. The Morgan fingerprint density at radius 3 is 3.14 bits per heavy atom. The fraction of sp³-hybridized carbons (Fsp3) is 0.600. The van der Waals surface area contributed by atoms with Crippen LogP contribution in [0.1, 0.15) is 18.2 Å². The molecule has 0 radical (unpaired) electrons. The van der Waals surface area contributed by atoms with Gasteiger partial charge in [-0.2, -0.15) is 11.8 Å². The molecule has 0 aliphatic carbocycles. The third-order valence-corrected chi connectivity index (χ3v) is 5.50. The lowest BCUT2D eigenvalue weighted by molar-refractivity contribution is 0.127. The number of thiophene rings is 1. The Morgan fingerprint density at radius 2 is 2.57 bits per heavy atom. The molecule has 2 atom stereocenters. The van der Waals surface area contributed by atoms with Crippen LogP contribution in [0.3, 0.4) is 0 Å². The van der Waals surface area contributed by atoms with E-state index in [1.807, 2.05) is 23.2 Å². The first kappa shape index (κ1) is 10.8. The van der Waals surface area contributed by atoms with Gasteiger partial charge in [-0.15, -0.1) is 11.3 Å². The molecular weight excluding hydrogens is 236 g/mol. The normalized spacial score (nSPS) is 27.0. The third kappa shape index (κ3) is 2.45. The molecule has 0 amide bonds. The lowest BCUT2D eigenvalue weighted by Crippen LogP contribution is -2.13. The summed E-state index contributed by atoms with van der Waals surface area (Å²) in [6.07, 6.45) is 1.58. The van der Waals surface area contributed by atoms with Crippen LogP contribution >= 0.6 is 34.7 Å². The molecule has 1 aliphatic heterocycles. The monoisotopic (exact) mass is 248 g/mol. The molecule has 1 nitrogen and oxygen atoms in total. The summed E-state index contributed by atoms with van der Waals surface area (Å²) in [5, 5.41) is 3.61. The van der Waals surface area contributed by atoms with Gasteiger partial charge in [0.2, 0.25) is 0 Å². The standard InChI is InChI=1S/C10H13ClOS2/c1-7-9(2-4-12-7)14-6-10-8(11)3-5-13-10/h3,5,7,9H,2,4,6H2,1H3/t7-,9-/m0/s1. The van der Waals surface area contributed by atoms with Crippen LogP contribution in [0.2, 0.25) is 5.02 Å². The summed E-state index contributed by atoms with van der Waals surface area (Å²) < 4.78 is 5.52. The summed E-state index contributed by atoms with van der Waals surface area (Å²) in [6, 6.07) is 1.97. The summed E-state index contributed by atoms with van der Waals surface area (Å²) in [7, 11) is 0. The topological polar surface area (TPSA) is 9.23 Å². The minimum Gasteiger partial charge on any atom is -0.377 e. The van der Waals surface area contributed by atoms with E-state index in [0.717, 1.165) is 17.4 Å². The van der Waals surface area contributed by atoms with Crippen LogP contribution in [0.15, 0.2) is 11.4 Å². The van der Waals surface area contributed by atoms with Gasteiger partial charge in [0.05, 0.1) is 11.1 Å². The molecule has 4 heteroatoms. The van der Waals surface area contributed by atoms with Gasteiger partial charge >= 0.3 is 0 Å². The second-order valence-corrected chi connectivity index (χ2v) is 6.04. The van der Waals surface area contributed by atoms with Crippen molar-refractivity contribution in [2.45, 2.75) is 30.5 Å². The first-order valence-electron chi connectivity index (χ1n) is 4.72. The van der Waals surface area contributed by atoms with Crippen LogP contribution in [-0.2, 0) is 10.5 Å². The molecule has 1 aromatic heterocycles. The summed E-state index contributed by atoms with van der Waals surface area (Å²) in [5.41, 5.74) is 0. The molecule has 1 aromatic rings. The van der Waals surface area contributed by atoms with E-state index in [2.05, 4.69) is 6.92 Å². The number of rotatable bonds is 3. The van der Waals surface area contributed by atoms with Crippen molar-refractivity contribution in [3.05, 3.63) is 21.3 Å². The molecule has 1 aliphatic rings. The summed E-state index contributed by atoms with van der Waals surface area (Å²) in [5.74, 6) is 1.02. The zero-order valence-electron chi connectivity index (χ0n) is 8.03. The van der Waals surface area contributed by atoms with Gasteiger partial charge in [-0.3, -0.25) is 0 Å². The molecule has 0 N–H and O–H groups in total. The number of ether oxygens (including phenoxy) is 1. The Bertz CT molecular complexity index is 300. The Morgan fingerprint density at radius 1 is 1.71 bits per heavy atom. The van der Waals surface area contributed by atoms with Crippen molar-refractivity contribution >= 4 is 34.7 Å². The molecule has 0 bridgehead atoms. The average Bonchev–Trinajstić information content (AvgIpc) is 2.72. The Balaban J connectivity index is 1.85. The minimum absolute atomic E-state index is 0.402. The van der Waals surface area contributed by atoms with Gasteiger partial charge in [0, 0.05) is 22.5 Å². The molecule has 0 saturated carbocycles. The van der Waals surface area contributed by atoms with Crippen molar-refractivity contribution < 1.29 is 4.74 Å². The number of hydrogen-bond acceptors (Lipinski definition) is 3. The maximum atomic E-state index is 6.03. The quantitative estimate of drug-likeness (QED) is 0.805. The SMILES string of the molecule is C[C@@H]1OCC[C@@H]1SCc1sccc1Cl. The van der Waals surface area contributed by atoms with Crippen LogP contribution in [0.4, 0.5) is 0 Å². The molecule has 0 spiro atoms. The highest BCUT2D eigenvalue weighted by molar-refractivity contribution is 7.99. The van der Waals surface area contributed by atoms with E-state index >= 15 is 0 Å². The highest BCUT2D eigenvalue weighted by Crippen LogP contribution is 2.33. The third-order valence-electron chi connectivity index (χ3n) is 2.43. The van der Waals surface area contributed by atoms with Crippen LogP contribution < -0.4 is 0 Å². The van der Waals surface area contributed by atoms with E-state index < -0.39 is 0 Å². The first-order chi connectivity index (χ1) is 6.77. The van der Waals surface area contributed by atoms with E-state index in [1.54, 1.807) is 11.3 Å². The average molecular weight is 249 g/mol. The highest BCUT2D eigenvalue weighted by Gasteiger charge is 2.24. The van der Waals surface area contributed by atoms with E-state index in [1.165, 1.54) is 11.3 Å². The fourth-order valence-electron chi connectivity index (χ4n) is 1.54. The Labute approximate surface area is 97.8 Å².